The van der Waals surface area contributed by atoms with Gasteiger partial charge in [-0.3, -0.25) is 0 Å². The summed E-state index contributed by atoms with van der Waals surface area (Å²) in [5, 5.41) is 3.94. The highest BCUT2D eigenvalue weighted by Gasteiger charge is 2.18. The van der Waals surface area contributed by atoms with Gasteiger partial charge in [0.25, 0.3) is 0 Å². The maximum absolute atomic E-state index is 14.2. The molecule has 0 aliphatic carbocycles. The number of hydrogen-bond acceptors (Lipinski definition) is 1. The van der Waals surface area contributed by atoms with Crippen molar-refractivity contribution in [1.29, 1.82) is 0 Å². The zero-order valence-corrected chi connectivity index (χ0v) is 13.0. The van der Waals surface area contributed by atoms with Gasteiger partial charge < -0.3 is 5.32 Å². The van der Waals surface area contributed by atoms with Crippen molar-refractivity contribution < 1.29 is 4.39 Å². The monoisotopic (exact) mass is 291 g/mol. The first-order chi connectivity index (χ1) is 9.43. The standard InChI is InChI=1S/C17H19ClFN/c1-10-5-6-13(16(19)7-10)17(20-4)14-8-12(3)15(18)9-11(14)2/h5-9,17,20H,1-4H3. The molecule has 106 valence electrons. The van der Waals surface area contributed by atoms with Crippen LogP contribution in [0.25, 0.3) is 0 Å². The largest absolute Gasteiger partial charge is 0.309 e. The Morgan fingerprint density at radius 3 is 2.30 bits per heavy atom. The van der Waals surface area contributed by atoms with E-state index < -0.39 is 0 Å². The van der Waals surface area contributed by atoms with E-state index in [0.29, 0.717) is 5.56 Å². The van der Waals surface area contributed by atoms with Gasteiger partial charge in [0.2, 0.25) is 0 Å². The average molecular weight is 292 g/mol. The highest BCUT2D eigenvalue weighted by molar-refractivity contribution is 6.31. The van der Waals surface area contributed by atoms with Gasteiger partial charge >= 0.3 is 0 Å². The van der Waals surface area contributed by atoms with Crippen molar-refractivity contribution >= 4 is 11.6 Å². The molecule has 0 spiro atoms. The average Bonchev–Trinajstić information content (AvgIpc) is 2.38. The van der Waals surface area contributed by atoms with Gasteiger partial charge in [-0.05, 0) is 62.2 Å². The van der Waals surface area contributed by atoms with Crippen LogP contribution < -0.4 is 5.32 Å². The minimum atomic E-state index is -0.184. The third-order valence-corrected chi connectivity index (χ3v) is 4.02. The molecule has 1 atom stereocenters. The Morgan fingerprint density at radius 1 is 1.00 bits per heavy atom. The summed E-state index contributed by atoms with van der Waals surface area (Å²) in [6.07, 6.45) is 0. The van der Waals surface area contributed by atoms with E-state index in [1.54, 1.807) is 6.07 Å². The normalized spacial score (nSPS) is 12.5. The number of nitrogens with one attached hydrogen (secondary N) is 1. The van der Waals surface area contributed by atoms with Crippen molar-refractivity contribution in [3.05, 3.63) is 69.0 Å². The van der Waals surface area contributed by atoms with E-state index in [0.717, 1.165) is 27.3 Å². The second kappa shape index (κ2) is 5.94. The quantitative estimate of drug-likeness (QED) is 0.863. The Bertz CT molecular complexity index is 637. The SMILES string of the molecule is CNC(c1cc(C)c(Cl)cc1C)c1ccc(C)cc1F. The van der Waals surface area contributed by atoms with Crippen molar-refractivity contribution in [1.82, 2.24) is 5.32 Å². The summed E-state index contributed by atoms with van der Waals surface area (Å²) < 4.78 is 14.2. The Balaban J connectivity index is 2.55. The Labute approximate surface area is 124 Å². The van der Waals surface area contributed by atoms with Gasteiger partial charge in [0.05, 0.1) is 6.04 Å². The number of halogens is 2. The molecule has 0 amide bonds. The second-order valence-electron chi connectivity index (χ2n) is 5.20. The van der Waals surface area contributed by atoms with Crippen LogP contribution >= 0.6 is 11.6 Å². The van der Waals surface area contributed by atoms with Gasteiger partial charge in [-0.2, -0.15) is 0 Å². The predicted octanol–water partition coefficient (Wildman–Crippen LogP) is 4.71. The smallest absolute Gasteiger partial charge is 0.128 e. The molecular weight excluding hydrogens is 273 g/mol. The van der Waals surface area contributed by atoms with Crippen LogP contribution in [0.3, 0.4) is 0 Å². The van der Waals surface area contributed by atoms with E-state index in [4.69, 9.17) is 11.6 Å². The molecular formula is C17H19ClFN. The summed E-state index contributed by atoms with van der Waals surface area (Å²) in [4.78, 5) is 0. The first kappa shape index (κ1) is 15.0. The summed E-state index contributed by atoms with van der Waals surface area (Å²) in [6, 6.07) is 9.13. The fraction of sp³-hybridized carbons (Fsp3) is 0.294. The molecule has 0 radical (unpaired) electrons. The third kappa shape index (κ3) is 2.87. The molecule has 0 aliphatic rings. The number of hydrogen-bond donors (Lipinski definition) is 1. The van der Waals surface area contributed by atoms with Gasteiger partial charge in [-0.15, -0.1) is 0 Å². The summed E-state index contributed by atoms with van der Waals surface area (Å²) >= 11 is 6.14. The van der Waals surface area contributed by atoms with E-state index in [1.807, 2.05) is 52.1 Å². The van der Waals surface area contributed by atoms with Crippen LogP contribution in [0.15, 0.2) is 30.3 Å². The fourth-order valence-corrected chi connectivity index (χ4v) is 2.68. The van der Waals surface area contributed by atoms with E-state index in [9.17, 15) is 4.39 Å². The maximum Gasteiger partial charge on any atom is 0.128 e. The van der Waals surface area contributed by atoms with Crippen LogP contribution in [0.5, 0.6) is 0 Å². The molecule has 0 aromatic heterocycles. The lowest BCUT2D eigenvalue weighted by Gasteiger charge is -2.21. The Kier molecular flexibility index (Phi) is 4.46. The summed E-state index contributed by atoms with van der Waals surface area (Å²) in [7, 11) is 1.84. The number of benzene rings is 2. The minimum Gasteiger partial charge on any atom is -0.309 e. The van der Waals surface area contributed by atoms with Crippen molar-refractivity contribution in [3.8, 4) is 0 Å². The predicted molar refractivity (Wildman–Crippen MR) is 83.0 cm³/mol. The molecule has 0 bridgehead atoms. The topological polar surface area (TPSA) is 12.0 Å². The highest BCUT2D eigenvalue weighted by Crippen LogP contribution is 2.30. The van der Waals surface area contributed by atoms with Crippen molar-refractivity contribution in [3.63, 3.8) is 0 Å². The molecule has 0 saturated carbocycles. The zero-order chi connectivity index (χ0) is 14.9. The van der Waals surface area contributed by atoms with Gasteiger partial charge in [0.15, 0.2) is 0 Å². The summed E-state index contributed by atoms with van der Waals surface area (Å²) in [5.41, 5.74) is 4.69. The molecule has 2 aromatic carbocycles. The number of rotatable bonds is 3. The van der Waals surface area contributed by atoms with E-state index in [2.05, 4.69) is 5.32 Å². The first-order valence-electron chi connectivity index (χ1n) is 6.64. The molecule has 2 rings (SSSR count). The molecule has 0 heterocycles. The first-order valence-corrected chi connectivity index (χ1v) is 7.01. The van der Waals surface area contributed by atoms with Crippen molar-refractivity contribution in [2.24, 2.45) is 0 Å². The van der Waals surface area contributed by atoms with E-state index >= 15 is 0 Å². The van der Waals surface area contributed by atoms with E-state index in [-0.39, 0.29) is 11.9 Å². The van der Waals surface area contributed by atoms with Gasteiger partial charge in [-0.25, -0.2) is 4.39 Å². The number of aryl methyl sites for hydroxylation is 3. The molecule has 1 unspecified atom stereocenters. The molecule has 0 fully saturated rings. The van der Waals surface area contributed by atoms with Crippen molar-refractivity contribution in [2.45, 2.75) is 26.8 Å². The molecule has 20 heavy (non-hydrogen) atoms. The Morgan fingerprint density at radius 2 is 1.70 bits per heavy atom. The lowest BCUT2D eigenvalue weighted by molar-refractivity contribution is 0.574. The minimum absolute atomic E-state index is 0.174. The van der Waals surface area contributed by atoms with Gasteiger partial charge in [-0.1, -0.05) is 29.8 Å². The molecule has 3 heteroatoms. The molecule has 1 N–H and O–H groups in total. The highest BCUT2D eigenvalue weighted by atomic mass is 35.5. The lowest BCUT2D eigenvalue weighted by atomic mass is 9.93. The molecule has 1 nitrogen and oxygen atoms in total. The van der Waals surface area contributed by atoms with Crippen LogP contribution in [-0.2, 0) is 0 Å². The third-order valence-electron chi connectivity index (χ3n) is 3.61. The van der Waals surface area contributed by atoms with E-state index in [1.165, 1.54) is 0 Å². The summed E-state index contributed by atoms with van der Waals surface area (Å²) in [6.45, 7) is 5.85. The van der Waals surface area contributed by atoms with Crippen LogP contribution in [-0.4, -0.2) is 7.05 Å². The fourth-order valence-electron chi connectivity index (χ4n) is 2.46. The van der Waals surface area contributed by atoms with Crippen molar-refractivity contribution in [2.75, 3.05) is 7.05 Å². The van der Waals surface area contributed by atoms with Crippen LogP contribution in [0.4, 0.5) is 4.39 Å². The zero-order valence-electron chi connectivity index (χ0n) is 12.2. The molecule has 0 saturated heterocycles. The maximum atomic E-state index is 14.2. The molecule has 2 aromatic rings. The van der Waals surface area contributed by atoms with Crippen LogP contribution in [0, 0.1) is 26.6 Å². The second-order valence-corrected chi connectivity index (χ2v) is 5.61. The Hall–Kier alpha value is -1.38. The van der Waals surface area contributed by atoms with Gasteiger partial charge in [0.1, 0.15) is 5.82 Å². The van der Waals surface area contributed by atoms with Crippen LogP contribution in [0.1, 0.15) is 33.9 Å². The summed E-state index contributed by atoms with van der Waals surface area (Å²) in [5.74, 6) is -0.184. The lowest BCUT2D eigenvalue weighted by Crippen LogP contribution is -2.20. The molecule has 0 aliphatic heterocycles. The van der Waals surface area contributed by atoms with Gasteiger partial charge in [0, 0.05) is 10.6 Å². The van der Waals surface area contributed by atoms with Crippen LogP contribution in [0.2, 0.25) is 5.02 Å².